The molecule has 0 aliphatic rings. The van der Waals surface area contributed by atoms with Crippen molar-refractivity contribution in [2.75, 3.05) is 20.0 Å². The summed E-state index contributed by atoms with van der Waals surface area (Å²) in [6.07, 6.45) is 0.0813. The van der Waals surface area contributed by atoms with Crippen molar-refractivity contribution in [2.24, 2.45) is 0 Å². The zero-order valence-electron chi connectivity index (χ0n) is 16.2. The predicted octanol–water partition coefficient (Wildman–Crippen LogP) is 2.46. The molecule has 2 rings (SSSR count). The van der Waals surface area contributed by atoms with Gasteiger partial charge in [0.15, 0.2) is 11.6 Å². The van der Waals surface area contributed by atoms with Gasteiger partial charge in [0.2, 0.25) is 0 Å². The number of carboxylic acid groups (broad SMARTS) is 1. The lowest BCUT2D eigenvalue weighted by Gasteiger charge is -2.16. The largest absolute Gasteiger partial charge is 0.488 e. The van der Waals surface area contributed by atoms with Crippen LogP contribution in [0.4, 0.5) is 4.39 Å². The second-order valence-corrected chi connectivity index (χ2v) is 12.2. The molecule has 0 aliphatic heterocycles. The molecule has 0 spiro atoms. The Bertz CT molecular complexity index is 1160. The summed E-state index contributed by atoms with van der Waals surface area (Å²) in [5, 5.41) is 9.26. The number of benzene rings is 2. The smallest absolute Gasteiger partial charge is 0.335 e. The van der Waals surface area contributed by atoms with E-state index in [-0.39, 0.29) is 23.7 Å². The second kappa shape index (κ2) is 8.98. The van der Waals surface area contributed by atoms with Crippen LogP contribution >= 0.6 is 0 Å². The number of halogens is 1. The number of hydrogen-bond acceptors (Lipinski definition) is 8. The van der Waals surface area contributed by atoms with Gasteiger partial charge in [0.25, 0.3) is 17.7 Å². The Kier molecular flexibility index (Phi) is 7.06. The minimum atomic E-state index is -4.77. The molecule has 1 unspecified atom stereocenters. The summed E-state index contributed by atoms with van der Waals surface area (Å²) >= 11 is 0. The van der Waals surface area contributed by atoms with Gasteiger partial charge in [-0.3, -0.25) is 0 Å². The van der Waals surface area contributed by atoms with E-state index in [0.717, 1.165) is 18.2 Å². The number of methoxy groups -OCH3 is 1. The Morgan fingerprint density at radius 2 is 1.73 bits per heavy atom. The molecule has 12 heteroatoms. The van der Waals surface area contributed by atoms with Gasteiger partial charge in [0.05, 0.1) is 23.3 Å². The highest BCUT2D eigenvalue weighted by atomic mass is 33.2. The Hall–Kier alpha value is -2.70. The van der Waals surface area contributed by atoms with Crippen LogP contribution in [-0.4, -0.2) is 54.0 Å². The van der Waals surface area contributed by atoms with Gasteiger partial charge in [-0.15, -0.1) is 0 Å². The Morgan fingerprint density at radius 3 is 2.27 bits per heavy atom. The van der Waals surface area contributed by atoms with Crippen molar-refractivity contribution < 1.29 is 45.3 Å². The van der Waals surface area contributed by atoms with Gasteiger partial charge in [-0.05, 0) is 37.3 Å². The second-order valence-electron chi connectivity index (χ2n) is 6.23. The van der Waals surface area contributed by atoms with Crippen molar-refractivity contribution in [1.29, 1.82) is 0 Å². The van der Waals surface area contributed by atoms with E-state index in [0.29, 0.717) is 12.3 Å². The molecular formula is C18H19FO9S2. The minimum Gasteiger partial charge on any atom is -0.488 e. The van der Waals surface area contributed by atoms with Gasteiger partial charge in [-0.1, -0.05) is 0 Å². The first kappa shape index (κ1) is 23.6. The van der Waals surface area contributed by atoms with Crippen molar-refractivity contribution in [3.63, 3.8) is 0 Å². The molecule has 0 saturated heterocycles. The predicted molar refractivity (Wildman–Crippen MR) is 104 cm³/mol. The van der Waals surface area contributed by atoms with Crippen molar-refractivity contribution >= 4 is 23.7 Å². The molecule has 0 amide bonds. The highest BCUT2D eigenvalue weighted by Gasteiger charge is 2.28. The quantitative estimate of drug-likeness (QED) is 0.558. The summed E-state index contributed by atoms with van der Waals surface area (Å²) in [5.74, 6) is -2.84. The van der Waals surface area contributed by atoms with Gasteiger partial charge < -0.3 is 19.3 Å². The van der Waals surface area contributed by atoms with Crippen molar-refractivity contribution in [2.45, 2.75) is 17.9 Å². The van der Waals surface area contributed by atoms with Crippen LogP contribution < -0.4 is 9.47 Å². The average molecular weight is 462 g/mol. The van der Waals surface area contributed by atoms with Crippen LogP contribution in [0.15, 0.2) is 41.3 Å². The van der Waals surface area contributed by atoms with Crippen LogP contribution in [0.5, 0.6) is 17.2 Å². The Balaban J connectivity index is 2.39. The van der Waals surface area contributed by atoms with Crippen molar-refractivity contribution in [3.05, 3.63) is 47.8 Å². The third-order valence-corrected chi connectivity index (χ3v) is 8.28. The molecule has 30 heavy (non-hydrogen) atoms. The molecule has 0 heterocycles. The zero-order valence-corrected chi connectivity index (χ0v) is 17.8. The fraction of sp³-hybridized carbons (Fsp3) is 0.278. The maximum Gasteiger partial charge on any atom is 0.335 e. The SMILES string of the molecule is COCC(C)Oc1cc(Oc2ccc(S(=O)(=O)S(C)(=O)=O)cc2F)cc(C(=O)O)c1. The molecule has 1 N–H and O–H groups in total. The molecule has 2 aromatic carbocycles. The van der Waals surface area contributed by atoms with Gasteiger partial charge in [0, 0.05) is 13.2 Å². The summed E-state index contributed by atoms with van der Waals surface area (Å²) in [6, 6.07) is 5.99. The topological polar surface area (TPSA) is 133 Å². The third-order valence-electron chi connectivity index (χ3n) is 3.68. The summed E-state index contributed by atoms with van der Waals surface area (Å²) in [7, 11) is -7.80. The molecule has 0 aliphatic carbocycles. The summed E-state index contributed by atoms with van der Waals surface area (Å²) < 4.78 is 76.8. The van der Waals surface area contributed by atoms with Crippen LogP contribution in [0, 0.1) is 5.82 Å². The van der Waals surface area contributed by atoms with E-state index in [1.54, 1.807) is 6.92 Å². The first-order valence-electron chi connectivity index (χ1n) is 8.31. The van der Waals surface area contributed by atoms with Crippen molar-refractivity contribution in [3.8, 4) is 17.2 Å². The normalized spacial score (nSPS) is 12.9. The van der Waals surface area contributed by atoms with E-state index in [1.165, 1.54) is 19.2 Å². The zero-order chi connectivity index (χ0) is 22.7. The maximum atomic E-state index is 14.4. The van der Waals surface area contributed by atoms with E-state index in [2.05, 4.69) is 0 Å². The number of ether oxygens (including phenoxy) is 3. The lowest BCUT2D eigenvalue weighted by molar-refractivity contribution is 0.0693. The molecular weight excluding hydrogens is 443 g/mol. The van der Waals surface area contributed by atoms with Crippen LogP contribution in [0.25, 0.3) is 0 Å². The molecule has 9 nitrogen and oxygen atoms in total. The van der Waals surface area contributed by atoms with Crippen molar-refractivity contribution in [1.82, 2.24) is 0 Å². The maximum absolute atomic E-state index is 14.4. The molecule has 0 bridgehead atoms. The lowest BCUT2D eigenvalue weighted by atomic mass is 10.2. The minimum absolute atomic E-state index is 0.0906. The lowest BCUT2D eigenvalue weighted by Crippen LogP contribution is -2.18. The van der Waals surface area contributed by atoms with Crippen LogP contribution in [-0.2, 0) is 22.5 Å². The Labute approximate surface area is 172 Å². The van der Waals surface area contributed by atoms with E-state index >= 15 is 0 Å². The molecule has 0 aromatic heterocycles. The summed E-state index contributed by atoms with van der Waals surface area (Å²) in [4.78, 5) is 10.6. The summed E-state index contributed by atoms with van der Waals surface area (Å²) in [6.45, 7) is 1.93. The van der Waals surface area contributed by atoms with E-state index in [9.17, 15) is 31.1 Å². The van der Waals surface area contributed by atoms with Gasteiger partial charge in [-0.25, -0.2) is 26.0 Å². The number of carbonyl (C=O) groups is 1. The molecule has 164 valence electrons. The van der Waals surface area contributed by atoms with Gasteiger partial charge >= 0.3 is 5.97 Å². The standard InChI is InChI=1S/C18H19FO9S2/c1-11(10-26-2)27-13-6-12(18(20)21)7-14(8-13)28-17-5-4-15(9-16(17)19)30(24,25)29(3,22)23/h4-9,11H,10H2,1-3H3,(H,20,21). The number of aromatic carboxylic acids is 1. The van der Waals surface area contributed by atoms with E-state index in [4.69, 9.17) is 14.2 Å². The fourth-order valence-corrected chi connectivity index (χ4v) is 4.54. The molecule has 0 saturated carbocycles. The van der Waals surface area contributed by atoms with Gasteiger partial charge in [0.1, 0.15) is 17.6 Å². The number of rotatable bonds is 9. The third kappa shape index (κ3) is 5.46. The summed E-state index contributed by atoms with van der Waals surface area (Å²) in [5.41, 5.74) is -0.191. The number of carboxylic acids is 1. The molecule has 0 fully saturated rings. The number of hydrogen-bond donors (Lipinski definition) is 1. The molecule has 1 atom stereocenters. The van der Waals surface area contributed by atoms with E-state index < -0.39 is 46.3 Å². The Morgan fingerprint density at radius 1 is 1.10 bits per heavy atom. The van der Waals surface area contributed by atoms with Gasteiger partial charge in [-0.2, -0.15) is 0 Å². The first-order chi connectivity index (χ1) is 13.8. The van der Waals surface area contributed by atoms with Crippen LogP contribution in [0.1, 0.15) is 17.3 Å². The van der Waals surface area contributed by atoms with Crippen LogP contribution in [0.2, 0.25) is 0 Å². The van der Waals surface area contributed by atoms with E-state index in [1.807, 2.05) is 0 Å². The first-order valence-corrected chi connectivity index (χ1v) is 12.2. The fourth-order valence-electron chi connectivity index (χ4n) is 2.34. The monoisotopic (exact) mass is 462 g/mol. The molecule has 0 radical (unpaired) electrons. The average Bonchev–Trinajstić information content (AvgIpc) is 2.62. The highest BCUT2D eigenvalue weighted by Crippen LogP contribution is 2.31. The van der Waals surface area contributed by atoms with Crippen LogP contribution in [0.3, 0.4) is 0 Å². The highest BCUT2D eigenvalue weighted by molar-refractivity contribution is 8.66. The molecule has 2 aromatic rings.